The Morgan fingerprint density at radius 3 is 2.20 bits per heavy atom. The molecule has 0 radical (unpaired) electrons. The first-order chi connectivity index (χ1) is 9.45. The monoisotopic (exact) mass is 278 g/mol. The summed E-state index contributed by atoms with van der Waals surface area (Å²) >= 11 is 0. The number of rotatable bonds is 3. The number of nitrogens with one attached hydrogen (secondary N) is 1. The Hall–Kier alpha value is -2.83. The van der Waals surface area contributed by atoms with Crippen LogP contribution in [0.3, 0.4) is 0 Å². The number of carboxylic acid groups (broad SMARTS) is 1. The van der Waals surface area contributed by atoms with Crippen molar-refractivity contribution >= 4 is 17.7 Å². The Kier molecular flexibility index (Phi) is 3.69. The number of aromatic carboxylic acids is 1. The number of pyridine rings is 1. The molecule has 2 N–H and O–H groups in total. The van der Waals surface area contributed by atoms with E-state index in [4.69, 9.17) is 5.11 Å². The summed E-state index contributed by atoms with van der Waals surface area (Å²) in [5.74, 6) is -3.57. The predicted octanol–water partition coefficient (Wildman–Crippen LogP) is 2.31. The standard InChI is InChI=1S/C13H8F2N2O3/c14-9-3-8(4-10(15)5-9)12(18)17-11-2-1-7(6-16-11)13(19)20/h1-6H,(H,19,20)(H,16,17,18). The second kappa shape index (κ2) is 5.43. The van der Waals surface area contributed by atoms with E-state index in [1.807, 2.05) is 0 Å². The van der Waals surface area contributed by atoms with E-state index in [1.165, 1.54) is 12.1 Å². The molecule has 20 heavy (non-hydrogen) atoms. The molecule has 0 saturated carbocycles. The Labute approximate surface area is 111 Å². The third-order valence-corrected chi connectivity index (χ3v) is 2.38. The van der Waals surface area contributed by atoms with Crippen LogP contribution in [0.2, 0.25) is 0 Å². The first-order valence-electron chi connectivity index (χ1n) is 5.42. The van der Waals surface area contributed by atoms with Crippen LogP contribution in [0.25, 0.3) is 0 Å². The minimum atomic E-state index is -1.15. The molecular weight excluding hydrogens is 270 g/mol. The second-order valence-corrected chi connectivity index (χ2v) is 3.85. The van der Waals surface area contributed by atoms with Crippen molar-refractivity contribution in [1.29, 1.82) is 0 Å². The van der Waals surface area contributed by atoms with Crippen LogP contribution < -0.4 is 5.32 Å². The van der Waals surface area contributed by atoms with Crippen molar-refractivity contribution in [2.75, 3.05) is 5.32 Å². The average Bonchev–Trinajstić information content (AvgIpc) is 2.38. The van der Waals surface area contributed by atoms with Crippen LogP contribution in [-0.4, -0.2) is 22.0 Å². The molecule has 0 spiro atoms. The number of carbonyl (C=O) groups is 2. The molecule has 0 fully saturated rings. The quantitative estimate of drug-likeness (QED) is 0.903. The van der Waals surface area contributed by atoms with Crippen molar-refractivity contribution < 1.29 is 23.5 Å². The molecule has 0 aliphatic rings. The SMILES string of the molecule is O=C(O)c1ccc(NC(=O)c2cc(F)cc(F)c2)nc1. The minimum Gasteiger partial charge on any atom is -0.478 e. The molecule has 1 amide bonds. The zero-order chi connectivity index (χ0) is 14.7. The summed E-state index contributed by atoms with van der Waals surface area (Å²) in [6, 6.07) is 4.93. The van der Waals surface area contributed by atoms with E-state index >= 15 is 0 Å². The maximum absolute atomic E-state index is 13.0. The molecule has 5 nitrogen and oxygen atoms in total. The van der Waals surface area contributed by atoms with Gasteiger partial charge in [-0.05, 0) is 24.3 Å². The minimum absolute atomic E-state index is 0.0419. The molecule has 0 aliphatic heterocycles. The van der Waals surface area contributed by atoms with Crippen LogP contribution in [0.4, 0.5) is 14.6 Å². The number of anilines is 1. The molecule has 1 aromatic heterocycles. The van der Waals surface area contributed by atoms with Crippen molar-refractivity contribution in [2.45, 2.75) is 0 Å². The number of nitrogens with zero attached hydrogens (tertiary/aromatic N) is 1. The van der Waals surface area contributed by atoms with Gasteiger partial charge in [0.1, 0.15) is 17.5 Å². The molecule has 0 atom stereocenters. The first kappa shape index (κ1) is 13.6. The summed E-state index contributed by atoms with van der Waals surface area (Å²) in [6.07, 6.45) is 1.06. The molecule has 0 bridgehead atoms. The normalized spacial score (nSPS) is 10.1. The number of hydrogen-bond acceptors (Lipinski definition) is 3. The highest BCUT2D eigenvalue weighted by atomic mass is 19.1. The Morgan fingerprint density at radius 2 is 1.70 bits per heavy atom. The summed E-state index contributed by atoms with van der Waals surface area (Å²) < 4.78 is 25.9. The molecule has 0 aliphatic carbocycles. The van der Waals surface area contributed by atoms with Gasteiger partial charge in [0.2, 0.25) is 0 Å². The molecule has 1 heterocycles. The van der Waals surface area contributed by atoms with E-state index in [0.717, 1.165) is 18.3 Å². The van der Waals surface area contributed by atoms with Crippen LogP contribution in [0.5, 0.6) is 0 Å². The molecule has 102 valence electrons. The summed E-state index contributed by atoms with van der Waals surface area (Å²) in [4.78, 5) is 26.1. The summed E-state index contributed by atoms with van der Waals surface area (Å²) in [6.45, 7) is 0. The molecule has 0 unspecified atom stereocenters. The third-order valence-electron chi connectivity index (χ3n) is 2.38. The lowest BCUT2D eigenvalue weighted by atomic mass is 10.2. The fourth-order valence-electron chi connectivity index (χ4n) is 1.47. The molecule has 0 saturated heterocycles. The Balaban J connectivity index is 2.16. The van der Waals surface area contributed by atoms with Crippen molar-refractivity contribution in [3.8, 4) is 0 Å². The number of benzene rings is 1. The van der Waals surface area contributed by atoms with Crippen LogP contribution in [-0.2, 0) is 0 Å². The number of aromatic nitrogens is 1. The summed E-state index contributed by atoms with van der Waals surface area (Å²) in [5.41, 5.74) is -0.244. The van der Waals surface area contributed by atoms with E-state index in [2.05, 4.69) is 10.3 Å². The van der Waals surface area contributed by atoms with Gasteiger partial charge < -0.3 is 10.4 Å². The largest absolute Gasteiger partial charge is 0.478 e. The molecular formula is C13H8F2N2O3. The summed E-state index contributed by atoms with van der Waals surface area (Å²) in [7, 11) is 0. The van der Waals surface area contributed by atoms with Crippen LogP contribution >= 0.6 is 0 Å². The van der Waals surface area contributed by atoms with Gasteiger partial charge in [-0.1, -0.05) is 0 Å². The molecule has 1 aromatic carbocycles. The van der Waals surface area contributed by atoms with Gasteiger partial charge in [0.25, 0.3) is 5.91 Å². The van der Waals surface area contributed by atoms with Crippen LogP contribution in [0, 0.1) is 11.6 Å². The number of halogens is 2. The van der Waals surface area contributed by atoms with Crippen molar-refractivity contribution in [1.82, 2.24) is 4.98 Å². The van der Waals surface area contributed by atoms with Crippen LogP contribution in [0.15, 0.2) is 36.5 Å². The Bertz CT molecular complexity index is 652. The highest BCUT2D eigenvalue weighted by Crippen LogP contribution is 2.11. The van der Waals surface area contributed by atoms with Crippen molar-refractivity contribution in [3.05, 3.63) is 59.3 Å². The van der Waals surface area contributed by atoms with Gasteiger partial charge in [-0.25, -0.2) is 18.6 Å². The lowest BCUT2D eigenvalue weighted by Crippen LogP contribution is -2.13. The van der Waals surface area contributed by atoms with Gasteiger partial charge in [-0.15, -0.1) is 0 Å². The zero-order valence-corrected chi connectivity index (χ0v) is 9.93. The zero-order valence-electron chi connectivity index (χ0n) is 9.93. The van der Waals surface area contributed by atoms with Gasteiger partial charge >= 0.3 is 5.97 Å². The Morgan fingerprint density at radius 1 is 1.05 bits per heavy atom. The molecule has 7 heteroatoms. The van der Waals surface area contributed by atoms with Crippen molar-refractivity contribution in [3.63, 3.8) is 0 Å². The highest BCUT2D eigenvalue weighted by Gasteiger charge is 2.10. The van der Waals surface area contributed by atoms with Gasteiger partial charge in [-0.2, -0.15) is 0 Å². The van der Waals surface area contributed by atoms with E-state index in [9.17, 15) is 18.4 Å². The smallest absolute Gasteiger partial charge is 0.337 e. The topological polar surface area (TPSA) is 79.3 Å². The van der Waals surface area contributed by atoms with Gasteiger partial charge in [0, 0.05) is 17.8 Å². The highest BCUT2D eigenvalue weighted by molar-refractivity contribution is 6.03. The van der Waals surface area contributed by atoms with E-state index in [1.54, 1.807) is 0 Å². The fourth-order valence-corrected chi connectivity index (χ4v) is 1.47. The van der Waals surface area contributed by atoms with Crippen LogP contribution in [0.1, 0.15) is 20.7 Å². The van der Waals surface area contributed by atoms with E-state index in [0.29, 0.717) is 6.07 Å². The average molecular weight is 278 g/mol. The van der Waals surface area contributed by atoms with E-state index in [-0.39, 0.29) is 16.9 Å². The number of amides is 1. The maximum Gasteiger partial charge on any atom is 0.337 e. The lowest BCUT2D eigenvalue weighted by molar-refractivity contribution is 0.0696. The molecule has 2 rings (SSSR count). The number of carboxylic acids is 1. The van der Waals surface area contributed by atoms with Gasteiger partial charge in [0.05, 0.1) is 5.56 Å². The number of carbonyl (C=O) groups excluding carboxylic acids is 1. The fraction of sp³-hybridized carbons (Fsp3) is 0. The van der Waals surface area contributed by atoms with E-state index < -0.39 is 23.5 Å². The number of hydrogen-bond donors (Lipinski definition) is 2. The van der Waals surface area contributed by atoms with Gasteiger partial charge in [0.15, 0.2) is 0 Å². The maximum atomic E-state index is 13.0. The predicted molar refractivity (Wildman–Crippen MR) is 65.5 cm³/mol. The second-order valence-electron chi connectivity index (χ2n) is 3.85. The van der Waals surface area contributed by atoms with Crippen molar-refractivity contribution in [2.24, 2.45) is 0 Å². The molecule has 2 aromatic rings. The first-order valence-corrected chi connectivity index (χ1v) is 5.42. The third kappa shape index (κ3) is 3.14. The van der Waals surface area contributed by atoms with Gasteiger partial charge in [-0.3, -0.25) is 4.79 Å². The summed E-state index contributed by atoms with van der Waals surface area (Å²) in [5, 5.41) is 11.0. The lowest BCUT2D eigenvalue weighted by Gasteiger charge is -2.05.